The number of carbonyl (C=O) groups is 14. The first-order valence-corrected chi connectivity index (χ1v) is 38.5. The van der Waals surface area contributed by atoms with Crippen molar-refractivity contribution in [1.82, 2.24) is 49.9 Å². The quantitative estimate of drug-likeness (QED) is 0.0597. The van der Waals surface area contributed by atoms with Crippen LogP contribution < -0.4 is 63.9 Å². The minimum absolute atomic E-state index is 0. The van der Waals surface area contributed by atoms with E-state index in [1.807, 2.05) is 138 Å². The number of aryl methyl sites for hydroxylation is 3. The molecule has 0 aromatic heterocycles. The summed E-state index contributed by atoms with van der Waals surface area (Å²) in [4.78, 5) is 142. The number of nitrogens with two attached hydrogens (primary N) is 5. The Hall–Kier alpha value is -8.07. The molecule has 116 heavy (non-hydrogen) atoms. The summed E-state index contributed by atoms with van der Waals surface area (Å²) in [6.07, 6.45) is 12.7. The standard InChI is InChI=1S/C28H49N5O5.C8H9Cl.2C8H10.3C5H12.C3H8O.C2H6.5CH5N.9CH2O.4H3N/c1-8-18(3)23(27(37)32-15-11-10-12-16-32)30-25(35)20(5)31(7)26(36)22-14-13-17-33(22)28(38)24(19(4)9-2)29-21(6)34;1-2-7-4-3-5-8(9)6-7;2*1-2-8-6-4-3-5-7-8;3*1-4-5(2)3;1-3(2)4;15*1-2;;;;/h18-20,22-24H,8-17H2,1-7H3,(H,29,34)(H,30,35);3-6H,2H2,1H3;2*3-7H,2H2,1H3;3*5H,4H2,1-3H3;3-4H,1-2H3;1-2H3;5*2H2,1H3;9*1H2;4*1H3/t18-,19-,20-,22-,23-,24-;;;;;;;;;;;;;;;;;;;;;;;;;;/m0........................../s1. The molecule has 3 aromatic rings. The maximum absolute atomic E-state index is 13.5. The van der Waals surface area contributed by atoms with Crippen LogP contribution in [0.25, 0.3) is 0 Å². The molecule has 25 N–H and O–H groups in total. The Morgan fingerprint density at radius 2 is 0.716 bits per heavy atom. The van der Waals surface area contributed by atoms with E-state index in [1.54, 1.807) is 32.7 Å². The third kappa shape index (κ3) is 117. The lowest BCUT2D eigenvalue weighted by molar-refractivity contribution is -0.149. The number of likely N-dealkylation sites (tertiary alicyclic amines) is 2. The number of carbonyl (C=O) groups excluding carboxylic acids is 14. The van der Waals surface area contributed by atoms with Crippen molar-refractivity contribution in [3.05, 3.63) is 107 Å². The van der Waals surface area contributed by atoms with Gasteiger partial charge in [-0.05, 0) is 166 Å². The first-order chi connectivity index (χ1) is 53.7. The molecule has 6 atom stereocenters. The number of likely N-dealkylation sites (N-methyl/N-ethyl adjacent to an activating group) is 1. The van der Waals surface area contributed by atoms with Crippen molar-refractivity contribution >= 4 is 102 Å². The number of aliphatic hydroxyl groups excluding tert-OH is 1. The molecule has 5 amide bonds. The minimum atomic E-state index is -0.818. The zero-order chi connectivity index (χ0) is 93.3. The Bertz CT molecular complexity index is 2190. The number of amides is 5. The number of rotatable bonds is 17. The molecule has 2 heterocycles. The van der Waals surface area contributed by atoms with E-state index in [0.29, 0.717) is 38.9 Å². The van der Waals surface area contributed by atoms with E-state index in [2.05, 4.69) is 177 Å². The summed E-state index contributed by atoms with van der Waals surface area (Å²) in [5, 5.41) is 14.6. The first kappa shape index (κ1) is 167. The average Bonchev–Trinajstić information content (AvgIpc) is 1.60. The molecule has 29 nitrogen and oxygen atoms in total. The normalized spacial score (nSPS) is 11.2. The van der Waals surface area contributed by atoms with E-state index < -0.39 is 24.2 Å². The largest absolute Gasteiger partial charge is 0.394 e. The number of aliphatic hydroxyl groups is 1. The monoisotopic (exact) mass is 1690 g/mol. The SMILES string of the molecule is C=O.C=O.C=O.C=O.C=O.C=O.C=O.C=O.C=O.CC.CC(C)O.CCC(C)C.CCC(C)C.CCC(C)C.CC[C@H](C)[C@H](NC(=O)[C@H](C)N(C)C(=O)[C@@H]1CCCN1C(=O)[C@@H](NC(C)=O)[C@@H](C)CC)C(=O)N1CCCCC1.CCc1cccc(Cl)c1.CCc1ccccc1.CCc1ccccc1.CN.CN.CN.CN.CN.N.N.N.N. The molecular weight excluding hydrogens is 1500 g/mol. The predicted octanol–water partition coefficient (Wildman–Crippen LogP) is 13.7. The highest BCUT2D eigenvalue weighted by atomic mass is 35.5. The predicted molar refractivity (Wildman–Crippen MR) is 497 cm³/mol. The Kier molecular flexibility index (Phi) is 214. The third-order valence-corrected chi connectivity index (χ3v) is 14.9. The van der Waals surface area contributed by atoms with Crippen molar-refractivity contribution < 1.29 is 72.2 Å². The molecule has 0 radical (unpaired) electrons. The number of piperidine rings is 1. The Balaban J connectivity index is -0.0000000469. The number of benzene rings is 3. The number of hydrogen-bond acceptors (Lipinski definition) is 24. The van der Waals surface area contributed by atoms with Gasteiger partial charge in [0.1, 0.15) is 85.3 Å². The molecule has 0 aliphatic carbocycles. The molecule has 0 unspecified atom stereocenters. The van der Waals surface area contributed by atoms with Gasteiger partial charge in [-0.3, -0.25) is 24.0 Å². The summed E-state index contributed by atoms with van der Waals surface area (Å²) in [5.41, 5.74) is 26.6. The van der Waals surface area contributed by atoms with Crippen LogP contribution in [0.2, 0.25) is 5.02 Å². The van der Waals surface area contributed by atoms with Crippen LogP contribution in [0.5, 0.6) is 0 Å². The summed E-state index contributed by atoms with van der Waals surface area (Å²) >= 11 is 5.72. The van der Waals surface area contributed by atoms with Gasteiger partial charge in [0.25, 0.3) is 0 Å². The van der Waals surface area contributed by atoms with Crippen LogP contribution in [-0.2, 0) is 86.4 Å². The summed E-state index contributed by atoms with van der Waals surface area (Å²) in [6.45, 7) is 64.5. The van der Waals surface area contributed by atoms with Crippen LogP contribution >= 0.6 is 11.6 Å². The summed E-state index contributed by atoms with van der Waals surface area (Å²) in [6, 6.07) is 26.0. The highest BCUT2D eigenvalue weighted by molar-refractivity contribution is 6.30. The van der Waals surface area contributed by atoms with Crippen molar-refractivity contribution in [1.29, 1.82) is 0 Å². The molecule has 694 valence electrons. The van der Waals surface area contributed by atoms with Gasteiger partial charge in [-0.2, -0.15) is 0 Å². The van der Waals surface area contributed by atoms with Gasteiger partial charge in [0.15, 0.2) is 0 Å². The highest BCUT2D eigenvalue weighted by Crippen LogP contribution is 2.24. The fourth-order valence-electron chi connectivity index (χ4n) is 7.42. The Morgan fingerprint density at radius 3 is 0.948 bits per heavy atom. The maximum atomic E-state index is 13.5. The van der Waals surface area contributed by atoms with E-state index in [-0.39, 0.29) is 72.1 Å². The van der Waals surface area contributed by atoms with E-state index in [9.17, 15) is 24.0 Å². The second-order valence-corrected chi connectivity index (χ2v) is 23.7. The van der Waals surface area contributed by atoms with E-state index in [4.69, 9.17) is 59.9 Å². The number of halogens is 1. The minimum Gasteiger partial charge on any atom is -0.394 e. The fraction of sp³-hybridized carbons (Fsp3) is 0.628. The number of nitrogens with one attached hydrogen (secondary N) is 2. The van der Waals surface area contributed by atoms with Crippen LogP contribution in [0.4, 0.5) is 0 Å². The molecule has 0 bridgehead atoms. The van der Waals surface area contributed by atoms with Crippen LogP contribution in [0.1, 0.15) is 233 Å². The van der Waals surface area contributed by atoms with Crippen LogP contribution in [0.3, 0.4) is 0 Å². The average molecular weight is 1690 g/mol. The van der Waals surface area contributed by atoms with Gasteiger partial charge in [0, 0.05) is 44.7 Å². The van der Waals surface area contributed by atoms with Crippen molar-refractivity contribution in [3.8, 4) is 0 Å². The topological polar surface area (TPSA) is 563 Å². The molecule has 2 aliphatic rings. The van der Waals surface area contributed by atoms with Gasteiger partial charge in [-0.1, -0.05) is 241 Å². The summed E-state index contributed by atoms with van der Waals surface area (Å²) in [5.74, 6) is 1.21. The second kappa shape index (κ2) is 148. The molecule has 5 rings (SSSR count). The molecule has 2 saturated heterocycles. The summed E-state index contributed by atoms with van der Waals surface area (Å²) < 4.78 is 0. The summed E-state index contributed by atoms with van der Waals surface area (Å²) in [7, 11) is 9.07. The third-order valence-electron chi connectivity index (χ3n) is 14.7. The smallest absolute Gasteiger partial charge is 0.246 e. The lowest BCUT2D eigenvalue weighted by atomic mass is 9.96. The molecule has 0 spiro atoms. The van der Waals surface area contributed by atoms with Gasteiger partial charge in [-0.15, -0.1) is 0 Å². The van der Waals surface area contributed by atoms with Gasteiger partial charge in [0.2, 0.25) is 29.5 Å². The number of nitrogens with zero attached hydrogens (tertiary/aromatic N) is 3. The Morgan fingerprint density at radius 1 is 0.440 bits per heavy atom. The number of hydrogen-bond donors (Lipinski definition) is 12. The van der Waals surface area contributed by atoms with Gasteiger partial charge in [-0.25, -0.2) is 0 Å². The fourth-order valence-corrected chi connectivity index (χ4v) is 7.63. The van der Waals surface area contributed by atoms with Crippen LogP contribution in [0.15, 0.2) is 84.9 Å². The second-order valence-electron chi connectivity index (χ2n) is 23.3. The zero-order valence-corrected chi connectivity index (χ0v) is 79.4. The highest BCUT2D eigenvalue weighted by Gasteiger charge is 2.42. The van der Waals surface area contributed by atoms with E-state index >= 15 is 0 Å². The molecule has 0 saturated carbocycles. The van der Waals surface area contributed by atoms with Crippen molar-refractivity contribution in [2.45, 2.75) is 266 Å². The van der Waals surface area contributed by atoms with Gasteiger partial charge >= 0.3 is 0 Å². The lowest BCUT2D eigenvalue weighted by Gasteiger charge is -2.36. The maximum Gasteiger partial charge on any atom is 0.246 e. The molecular formula is C86H183ClN14O15. The Labute approximate surface area is 713 Å². The van der Waals surface area contributed by atoms with Crippen molar-refractivity contribution in [2.24, 2.45) is 58.3 Å². The first-order valence-electron chi connectivity index (χ1n) is 38.1. The van der Waals surface area contributed by atoms with Crippen molar-refractivity contribution in [2.75, 3.05) is 61.9 Å². The van der Waals surface area contributed by atoms with Crippen molar-refractivity contribution in [3.63, 3.8) is 0 Å². The van der Waals surface area contributed by atoms with Crippen LogP contribution in [0, 0.1) is 29.6 Å². The molecule has 30 heteroatoms. The van der Waals surface area contributed by atoms with Gasteiger partial charge in [0.05, 0.1) is 0 Å². The molecule has 2 aliphatic heterocycles. The lowest BCUT2D eigenvalue weighted by Crippen LogP contribution is -2.59. The van der Waals surface area contributed by atoms with E-state index in [1.165, 1.54) is 83.0 Å². The van der Waals surface area contributed by atoms with Crippen LogP contribution in [-0.4, -0.2) is 203 Å². The van der Waals surface area contributed by atoms with E-state index in [0.717, 1.165) is 67.7 Å². The van der Waals surface area contributed by atoms with Gasteiger partial charge < -0.3 is 127 Å². The molecule has 2 fully saturated rings. The zero-order valence-electron chi connectivity index (χ0n) is 78.6. The molecule has 3 aromatic carbocycles.